The van der Waals surface area contributed by atoms with E-state index in [9.17, 15) is 24.6 Å². The zero-order valence-corrected chi connectivity index (χ0v) is 17.1. The SMILES string of the molecule is CCCCCCC(C(=O)OCC)n1cnc(NC(=O)c2cccc(O)c2C(=O)O)c1. The summed E-state index contributed by atoms with van der Waals surface area (Å²) in [6.45, 7) is 4.11. The Kier molecular flexibility index (Phi) is 8.40. The molecule has 0 fully saturated rings. The number of carboxylic acids is 1. The molecular formula is C21H27N3O6. The summed E-state index contributed by atoms with van der Waals surface area (Å²) in [4.78, 5) is 40.4. The highest BCUT2D eigenvalue weighted by atomic mass is 16.5. The number of aromatic nitrogens is 2. The van der Waals surface area contributed by atoms with E-state index in [0.29, 0.717) is 6.42 Å². The maximum absolute atomic E-state index is 12.5. The topological polar surface area (TPSA) is 131 Å². The van der Waals surface area contributed by atoms with Crippen LogP contribution in [0.1, 0.15) is 72.7 Å². The number of amides is 1. The number of benzene rings is 1. The number of carbonyl (C=O) groups excluding carboxylic acids is 2. The van der Waals surface area contributed by atoms with Crippen LogP contribution in [0.5, 0.6) is 5.75 Å². The zero-order chi connectivity index (χ0) is 22.1. The first-order valence-electron chi connectivity index (χ1n) is 9.95. The smallest absolute Gasteiger partial charge is 0.340 e. The molecule has 1 heterocycles. The molecule has 2 rings (SSSR count). The largest absolute Gasteiger partial charge is 0.507 e. The van der Waals surface area contributed by atoms with Crippen LogP contribution in [0.2, 0.25) is 0 Å². The lowest BCUT2D eigenvalue weighted by atomic mass is 10.1. The fourth-order valence-electron chi connectivity index (χ4n) is 3.10. The van der Waals surface area contributed by atoms with Crippen molar-refractivity contribution < 1.29 is 29.3 Å². The molecule has 0 saturated heterocycles. The van der Waals surface area contributed by atoms with Gasteiger partial charge in [0.15, 0.2) is 5.82 Å². The van der Waals surface area contributed by atoms with Crippen LogP contribution in [0.25, 0.3) is 0 Å². The molecule has 2 aromatic rings. The van der Waals surface area contributed by atoms with Gasteiger partial charge in [0.25, 0.3) is 5.91 Å². The minimum absolute atomic E-state index is 0.155. The third-order valence-corrected chi connectivity index (χ3v) is 4.59. The molecule has 0 aliphatic carbocycles. The number of aromatic hydroxyl groups is 1. The first kappa shape index (κ1) is 22.9. The normalized spacial score (nSPS) is 11.7. The van der Waals surface area contributed by atoms with Crippen molar-refractivity contribution in [3.8, 4) is 5.75 Å². The highest BCUT2D eigenvalue weighted by Gasteiger charge is 2.24. The van der Waals surface area contributed by atoms with Crippen LogP contribution in [0.15, 0.2) is 30.7 Å². The number of carbonyl (C=O) groups is 3. The molecule has 0 radical (unpaired) electrons. The van der Waals surface area contributed by atoms with Gasteiger partial charge in [-0.2, -0.15) is 0 Å². The van der Waals surface area contributed by atoms with E-state index in [-0.39, 0.29) is 24.0 Å². The molecule has 0 bridgehead atoms. The first-order chi connectivity index (χ1) is 14.4. The first-order valence-corrected chi connectivity index (χ1v) is 9.95. The van der Waals surface area contributed by atoms with Crippen LogP contribution in [-0.2, 0) is 9.53 Å². The molecule has 1 aromatic heterocycles. The lowest BCUT2D eigenvalue weighted by Crippen LogP contribution is -2.21. The van der Waals surface area contributed by atoms with E-state index in [2.05, 4.69) is 17.2 Å². The maximum atomic E-state index is 12.5. The van der Waals surface area contributed by atoms with E-state index >= 15 is 0 Å². The van der Waals surface area contributed by atoms with Crippen molar-refractivity contribution in [2.45, 2.75) is 52.0 Å². The summed E-state index contributed by atoms with van der Waals surface area (Å²) in [6, 6.07) is 3.31. The molecule has 9 nitrogen and oxygen atoms in total. The van der Waals surface area contributed by atoms with Crippen molar-refractivity contribution in [1.82, 2.24) is 9.55 Å². The molecule has 1 unspecified atom stereocenters. The quantitative estimate of drug-likeness (QED) is 0.376. The number of carboxylic acid groups (broad SMARTS) is 1. The van der Waals surface area contributed by atoms with Crippen LogP contribution in [-0.4, -0.2) is 44.2 Å². The third-order valence-electron chi connectivity index (χ3n) is 4.59. The van der Waals surface area contributed by atoms with Gasteiger partial charge in [-0.25, -0.2) is 14.6 Å². The Hall–Kier alpha value is -3.36. The lowest BCUT2D eigenvalue weighted by molar-refractivity contribution is -0.147. The van der Waals surface area contributed by atoms with Crippen molar-refractivity contribution in [2.75, 3.05) is 11.9 Å². The lowest BCUT2D eigenvalue weighted by Gasteiger charge is -2.16. The molecule has 30 heavy (non-hydrogen) atoms. The van der Waals surface area contributed by atoms with Gasteiger partial charge in [-0.3, -0.25) is 4.79 Å². The fraction of sp³-hybridized carbons (Fsp3) is 0.429. The summed E-state index contributed by atoms with van der Waals surface area (Å²) in [5, 5.41) is 21.5. The Morgan fingerprint density at radius 2 is 1.97 bits per heavy atom. The Morgan fingerprint density at radius 1 is 1.20 bits per heavy atom. The van der Waals surface area contributed by atoms with Crippen LogP contribution >= 0.6 is 0 Å². The molecular weight excluding hydrogens is 390 g/mol. The van der Waals surface area contributed by atoms with Crippen molar-refractivity contribution in [1.29, 1.82) is 0 Å². The second-order valence-electron chi connectivity index (χ2n) is 6.78. The molecule has 0 aliphatic heterocycles. The highest BCUT2D eigenvalue weighted by molar-refractivity contribution is 6.11. The van der Waals surface area contributed by atoms with Crippen LogP contribution in [0.3, 0.4) is 0 Å². The number of imidazole rings is 1. The van der Waals surface area contributed by atoms with Gasteiger partial charge in [0.1, 0.15) is 17.4 Å². The standard InChI is InChI=1S/C21H27N3O6/c1-3-5-6-7-10-15(21(29)30-4-2)24-12-17(22-13-24)23-19(26)14-9-8-11-16(25)18(14)20(27)28/h8-9,11-13,15,25H,3-7,10H2,1-2H3,(H,23,26)(H,27,28). The number of anilines is 1. The van der Waals surface area contributed by atoms with Crippen molar-refractivity contribution in [3.63, 3.8) is 0 Å². The summed E-state index contributed by atoms with van der Waals surface area (Å²) < 4.78 is 6.75. The number of hydrogen-bond donors (Lipinski definition) is 3. The molecule has 162 valence electrons. The second-order valence-corrected chi connectivity index (χ2v) is 6.78. The van der Waals surface area contributed by atoms with E-state index in [1.165, 1.54) is 30.7 Å². The Morgan fingerprint density at radius 3 is 2.63 bits per heavy atom. The van der Waals surface area contributed by atoms with Crippen molar-refractivity contribution in [2.24, 2.45) is 0 Å². The second kappa shape index (κ2) is 11.0. The molecule has 1 aromatic carbocycles. The summed E-state index contributed by atoms with van der Waals surface area (Å²) in [6.07, 6.45) is 7.52. The number of aromatic carboxylic acids is 1. The minimum Gasteiger partial charge on any atom is -0.507 e. The monoisotopic (exact) mass is 417 g/mol. The summed E-state index contributed by atoms with van der Waals surface area (Å²) >= 11 is 0. The number of nitrogens with one attached hydrogen (secondary N) is 1. The van der Waals surface area contributed by atoms with Gasteiger partial charge in [0.2, 0.25) is 0 Å². The van der Waals surface area contributed by atoms with E-state index < -0.39 is 29.2 Å². The number of esters is 1. The van der Waals surface area contributed by atoms with Gasteiger partial charge in [0, 0.05) is 6.20 Å². The Balaban J connectivity index is 2.17. The number of ether oxygens (including phenoxy) is 1. The fourth-order valence-corrected chi connectivity index (χ4v) is 3.10. The van der Waals surface area contributed by atoms with Gasteiger partial charge >= 0.3 is 11.9 Å². The highest BCUT2D eigenvalue weighted by Crippen LogP contribution is 2.23. The van der Waals surface area contributed by atoms with Gasteiger partial charge in [-0.1, -0.05) is 38.7 Å². The number of rotatable bonds is 11. The van der Waals surface area contributed by atoms with E-state index in [0.717, 1.165) is 25.7 Å². The molecule has 1 amide bonds. The van der Waals surface area contributed by atoms with E-state index in [1.54, 1.807) is 11.5 Å². The van der Waals surface area contributed by atoms with Crippen molar-refractivity contribution >= 4 is 23.7 Å². The summed E-state index contributed by atoms with van der Waals surface area (Å²) in [5.41, 5.74) is -0.687. The predicted molar refractivity (Wildman–Crippen MR) is 110 cm³/mol. The molecule has 0 spiro atoms. The van der Waals surface area contributed by atoms with Crippen LogP contribution < -0.4 is 5.32 Å². The number of phenols is 1. The minimum atomic E-state index is -1.42. The average molecular weight is 417 g/mol. The number of nitrogens with zero attached hydrogens (tertiary/aromatic N) is 2. The van der Waals surface area contributed by atoms with Gasteiger partial charge in [0.05, 0.1) is 18.5 Å². The predicted octanol–water partition coefficient (Wildman–Crippen LogP) is 3.61. The summed E-state index contributed by atoms with van der Waals surface area (Å²) in [5.74, 6) is -2.87. The molecule has 3 N–H and O–H groups in total. The molecule has 9 heteroatoms. The van der Waals surface area contributed by atoms with Crippen LogP contribution in [0, 0.1) is 0 Å². The Bertz CT molecular complexity index is 893. The maximum Gasteiger partial charge on any atom is 0.340 e. The van der Waals surface area contributed by atoms with Crippen molar-refractivity contribution in [3.05, 3.63) is 41.9 Å². The number of hydrogen-bond acceptors (Lipinski definition) is 6. The van der Waals surface area contributed by atoms with Gasteiger partial charge in [-0.05, 0) is 25.5 Å². The Labute approximate surface area is 174 Å². The van der Waals surface area contributed by atoms with E-state index in [1.807, 2.05) is 0 Å². The zero-order valence-electron chi connectivity index (χ0n) is 17.1. The molecule has 0 saturated carbocycles. The van der Waals surface area contributed by atoms with Gasteiger partial charge < -0.3 is 24.8 Å². The third kappa shape index (κ3) is 5.82. The van der Waals surface area contributed by atoms with E-state index in [4.69, 9.17) is 4.74 Å². The van der Waals surface area contributed by atoms with Crippen LogP contribution in [0.4, 0.5) is 5.82 Å². The molecule has 1 atom stereocenters. The average Bonchev–Trinajstić information content (AvgIpc) is 3.15. The van der Waals surface area contributed by atoms with Gasteiger partial charge in [-0.15, -0.1) is 0 Å². The summed E-state index contributed by atoms with van der Waals surface area (Å²) in [7, 11) is 0. The molecule has 0 aliphatic rings. The number of unbranched alkanes of at least 4 members (excludes halogenated alkanes) is 3.